The molecule has 78 valence electrons. The van der Waals surface area contributed by atoms with Gasteiger partial charge in [-0.3, -0.25) is 0 Å². The summed E-state index contributed by atoms with van der Waals surface area (Å²) in [6, 6.07) is -0.283. The Hall–Kier alpha value is -1.84. The number of methoxy groups -OCH3 is 1. The summed E-state index contributed by atoms with van der Waals surface area (Å²) in [5.74, 6) is -0.925. The van der Waals surface area contributed by atoms with Crippen molar-refractivity contribution in [2.45, 2.75) is 6.04 Å². The van der Waals surface area contributed by atoms with Crippen LogP contribution in [0.5, 0.6) is 0 Å². The Morgan fingerprint density at radius 2 is 2.40 bits per heavy atom. The summed E-state index contributed by atoms with van der Waals surface area (Å²) in [5.41, 5.74) is 0.603. The lowest BCUT2D eigenvalue weighted by Crippen LogP contribution is -2.31. The van der Waals surface area contributed by atoms with Crippen LogP contribution in [0.2, 0.25) is 0 Å². The van der Waals surface area contributed by atoms with Crippen LogP contribution in [-0.4, -0.2) is 19.1 Å². The van der Waals surface area contributed by atoms with E-state index in [-0.39, 0.29) is 11.6 Å². The number of ether oxygens (including phenoxy) is 1. The highest BCUT2D eigenvalue weighted by molar-refractivity contribution is 5.94. The van der Waals surface area contributed by atoms with Crippen LogP contribution < -0.4 is 5.32 Å². The first-order chi connectivity index (χ1) is 7.24. The lowest BCUT2D eigenvalue weighted by atomic mass is 9.93. The number of carbonyl (C=O) groups is 1. The van der Waals surface area contributed by atoms with E-state index < -0.39 is 11.8 Å². The number of hydrogen-bond donors (Lipinski definition) is 1. The zero-order chi connectivity index (χ0) is 10.8. The number of hydrogen-bond acceptors (Lipinski definition) is 3. The molecular weight excluding hydrogens is 197 g/mol. The molecule has 1 aliphatic heterocycles. The molecule has 2 aliphatic rings. The number of fused-ring (bicyclic) bond motifs is 1. The molecule has 3 nitrogen and oxygen atoms in total. The molecule has 1 heterocycles. The third-order valence-electron chi connectivity index (χ3n) is 2.34. The number of carbonyl (C=O) groups excluding carboxylic acids is 1. The first-order valence-electron chi connectivity index (χ1n) is 4.53. The van der Waals surface area contributed by atoms with Crippen molar-refractivity contribution >= 4 is 5.97 Å². The maximum absolute atomic E-state index is 13.5. The van der Waals surface area contributed by atoms with Crippen molar-refractivity contribution in [2.24, 2.45) is 0 Å². The number of halogens is 1. The van der Waals surface area contributed by atoms with Crippen molar-refractivity contribution in [3.8, 4) is 0 Å². The SMILES string of the molecule is COC(=O)C1=C2C(F)=CC=CC2NC=C1. The monoisotopic (exact) mass is 207 g/mol. The van der Waals surface area contributed by atoms with Crippen LogP contribution in [0.15, 0.2) is 47.5 Å². The van der Waals surface area contributed by atoms with Gasteiger partial charge in [-0.2, -0.15) is 0 Å². The summed E-state index contributed by atoms with van der Waals surface area (Å²) in [6.07, 6.45) is 7.86. The molecule has 2 rings (SSSR count). The first-order valence-corrected chi connectivity index (χ1v) is 4.53. The van der Waals surface area contributed by atoms with E-state index in [1.807, 2.05) is 0 Å². The molecule has 0 saturated carbocycles. The van der Waals surface area contributed by atoms with Gasteiger partial charge < -0.3 is 10.1 Å². The van der Waals surface area contributed by atoms with Crippen molar-refractivity contribution in [1.29, 1.82) is 0 Å². The second-order valence-corrected chi connectivity index (χ2v) is 3.20. The Morgan fingerprint density at radius 3 is 3.13 bits per heavy atom. The third-order valence-corrected chi connectivity index (χ3v) is 2.34. The molecule has 1 unspecified atom stereocenters. The fourth-order valence-electron chi connectivity index (χ4n) is 1.63. The molecule has 0 radical (unpaired) electrons. The summed E-state index contributed by atoms with van der Waals surface area (Å²) in [4.78, 5) is 11.4. The predicted octanol–water partition coefficient (Wildman–Crippen LogP) is 1.36. The second-order valence-electron chi connectivity index (χ2n) is 3.20. The Balaban J connectivity index is 2.49. The molecule has 4 heteroatoms. The minimum absolute atomic E-state index is 0.263. The van der Waals surface area contributed by atoms with Crippen LogP contribution >= 0.6 is 0 Å². The van der Waals surface area contributed by atoms with Crippen LogP contribution in [-0.2, 0) is 9.53 Å². The van der Waals surface area contributed by atoms with Gasteiger partial charge >= 0.3 is 5.97 Å². The quantitative estimate of drug-likeness (QED) is 0.660. The lowest BCUT2D eigenvalue weighted by Gasteiger charge is -2.24. The normalized spacial score (nSPS) is 23.1. The number of nitrogens with one attached hydrogen (secondary N) is 1. The molecule has 0 fully saturated rings. The minimum Gasteiger partial charge on any atom is -0.465 e. The summed E-state index contributed by atoms with van der Waals surface area (Å²) in [7, 11) is 1.28. The fourth-order valence-corrected chi connectivity index (χ4v) is 1.63. The van der Waals surface area contributed by atoms with E-state index in [1.165, 1.54) is 19.3 Å². The largest absolute Gasteiger partial charge is 0.465 e. The molecular formula is C11H10FNO2. The smallest absolute Gasteiger partial charge is 0.338 e. The van der Waals surface area contributed by atoms with E-state index in [1.54, 1.807) is 18.4 Å². The van der Waals surface area contributed by atoms with Gasteiger partial charge in [-0.05, 0) is 18.4 Å². The molecule has 0 aromatic heterocycles. The molecule has 0 aromatic rings. The zero-order valence-corrected chi connectivity index (χ0v) is 8.16. The number of esters is 1. The van der Waals surface area contributed by atoms with Crippen LogP contribution in [0.3, 0.4) is 0 Å². The van der Waals surface area contributed by atoms with Gasteiger partial charge in [-0.25, -0.2) is 9.18 Å². The average Bonchev–Trinajstić information content (AvgIpc) is 2.28. The molecule has 1 atom stereocenters. The van der Waals surface area contributed by atoms with Crippen molar-refractivity contribution in [3.05, 3.63) is 47.5 Å². The van der Waals surface area contributed by atoms with Crippen molar-refractivity contribution in [1.82, 2.24) is 5.32 Å². The van der Waals surface area contributed by atoms with E-state index in [4.69, 9.17) is 0 Å². The Kier molecular flexibility index (Phi) is 2.41. The molecule has 0 aromatic carbocycles. The third kappa shape index (κ3) is 1.58. The van der Waals surface area contributed by atoms with Crippen molar-refractivity contribution < 1.29 is 13.9 Å². The second kappa shape index (κ2) is 3.73. The van der Waals surface area contributed by atoms with E-state index in [0.717, 1.165) is 0 Å². The molecule has 0 bridgehead atoms. The fraction of sp³-hybridized carbons (Fsp3) is 0.182. The van der Waals surface area contributed by atoms with Gasteiger partial charge in [0.1, 0.15) is 5.83 Å². The molecule has 1 N–H and O–H groups in total. The number of dihydropyridines is 1. The van der Waals surface area contributed by atoms with Crippen LogP contribution in [0.25, 0.3) is 0 Å². The Labute approximate surface area is 86.6 Å². The standard InChI is InChI=1S/C11H10FNO2/c1-15-11(14)7-5-6-13-9-4-2-3-8(12)10(7)9/h2-6,9,13H,1H3. The molecule has 0 saturated heterocycles. The molecule has 0 spiro atoms. The maximum atomic E-state index is 13.5. The van der Waals surface area contributed by atoms with Gasteiger partial charge in [-0.1, -0.05) is 12.2 Å². The van der Waals surface area contributed by atoms with Crippen LogP contribution in [0.4, 0.5) is 4.39 Å². The molecule has 15 heavy (non-hydrogen) atoms. The Bertz CT molecular complexity index is 418. The van der Waals surface area contributed by atoms with E-state index in [2.05, 4.69) is 10.1 Å². The summed E-state index contributed by atoms with van der Waals surface area (Å²) in [6.45, 7) is 0. The van der Waals surface area contributed by atoms with Gasteiger partial charge in [0.15, 0.2) is 0 Å². The number of allylic oxidation sites excluding steroid dienone is 2. The topological polar surface area (TPSA) is 38.3 Å². The minimum atomic E-state index is -0.522. The summed E-state index contributed by atoms with van der Waals surface area (Å²) < 4.78 is 18.1. The van der Waals surface area contributed by atoms with Gasteiger partial charge in [-0.15, -0.1) is 0 Å². The van der Waals surface area contributed by atoms with Gasteiger partial charge in [0.2, 0.25) is 0 Å². The maximum Gasteiger partial charge on any atom is 0.338 e. The zero-order valence-electron chi connectivity index (χ0n) is 8.16. The van der Waals surface area contributed by atoms with Crippen molar-refractivity contribution in [3.63, 3.8) is 0 Å². The molecule has 1 aliphatic carbocycles. The highest BCUT2D eigenvalue weighted by atomic mass is 19.1. The first kappa shape index (κ1) is 9.71. The highest BCUT2D eigenvalue weighted by Crippen LogP contribution is 2.28. The molecule has 0 amide bonds. The van der Waals surface area contributed by atoms with Crippen LogP contribution in [0.1, 0.15) is 0 Å². The van der Waals surface area contributed by atoms with Gasteiger partial charge in [0, 0.05) is 5.57 Å². The average molecular weight is 207 g/mol. The summed E-state index contributed by atoms with van der Waals surface area (Å²) >= 11 is 0. The summed E-state index contributed by atoms with van der Waals surface area (Å²) in [5, 5.41) is 2.95. The Morgan fingerprint density at radius 1 is 1.60 bits per heavy atom. The predicted molar refractivity (Wildman–Crippen MR) is 53.4 cm³/mol. The number of rotatable bonds is 1. The van der Waals surface area contributed by atoms with Gasteiger partial charge in [0.25, 0.3) is 0 Å². The van der Waals surface area contributed by atoms with Gasteiger partial charge in [0.05, 0.1) is 18.7 Å². The highest BCUT2D eigenvalue weighted by Gasteiger charge is 2.26. The van der Waals surface area contributed by atoms with E-state index in [0.29, 0.717) is 5.57 Å². The lowest BCUT2D eigenvalue weighted by molar-refractivity contribution is -0.135. The van der Waals surface area contributed by atoms with Crippen LogP contribution in [0, 0.1) is 0 Å². The van der Waals surface area contributed by atoms with E-state index in [9.17, 15) is 9.18 Å². The van der Waals surface area contributed by atoms with Crippen molar-refractivity contribution in [2.75, 3.05) is 7.11 Å². The van der Waals surface area contributed by atoms with E-state index >= 15 is 0 Å².